The van der Waals surface area contributed by atoms with Crippen molar-refractivity contribution in [2.45, 2.75) is 26.3 Å². The topological polar surface area (TPSA) is 94.2 Å². The Morgan fingerprint density at radius 3 is 2.55 bits per heavy atom. The van der Waals surface area contributed by atoms with Gasteiger partial charge in [0.05, 0.1) is 12.7 Å². The van der Waals surface area contributed by atoms with Crippen LogP contribution in [0.1, 0.15) is 36.5 Å². The molecule has 0 saturated carbocycles. The Morgan fingerprint density at radius 1 is 1.35 bits per heavy atom. The standard InChI is InChI=1S/C14H20N6/c1-10(2)13-7-17-20(9-13)8-11-3-5-12(6-4-11)14(18-15)19-16/h3-7,9-10H,8,15-16H2,1-2H3,(H,18,19). The van der Waals surface area contributed by atoms with Crippen LogP contribution in [0.3, 0.4) is 0 Å². The van der Waals surface area contributed by atoms with Crippen molar-refractivity contribution in [2.24, 2.45) is 16.8 Å². The normalized spacial score (nSPS) is 11.9. The number of hydrazone groups is 1. The third-order valence-electron chi connectivity index (χ3n) is 3.16. The van der Waals surface area contributed by atoms with Crippen LogP contribution in [-0.4, -0.2) is 15.6 Å². The molecular weight excluding hydrogens is 252 g/mol. The van der Waals surface area contributed by atoms with Crippen LogP contribution in [0.5, 0.6) is 0 Å². The molecule has 0 aliphatic rings. The predicted octanol–water partition coefficient (Wildman–Crippen LogP) is 1.14. The highest BCUT2D eigenvalue weighted by Crippen LogP contribution is 2.13. The van der Waals surface area contributed by atoms with Crippen LogP contribution in [-0.2, 0) is 6.54 Å². The van der Waals surface area contributed by atoms with Gasteiger partial charge in [0.25, 0.3) is 0 Å². The van der Waals surface area contributed by atoms with Crippen molar-refractivity contribution in [3.05, 3.63) is 53.3 Å². The SMILES string of the molecule is CC(C)c1cnn(Cc2ccc(/C(=N/N)NN)cc2)c1. The maximum Gasteiger partial charge on any atom is 0.166 e. The van der Waals surface area contributed by atoms with Crippen molar-refractivity contribution in [3.8, 4) is 0 Å². The van der Waals surface area contributed by atoms with Crippen LogP contribution < -0.4 is 17.1 Å². The van der Waals surface area contributed by atoms with E-state index in [1.165, 1.54) is 5.56 Å². The van der Waals surface area contributed by atoms with Gasteiger partial charge in [-0.2, -0.15) is 10.2 Å². The third kappa shape index (κ3) is 3.16. The number of benzene rings is 1. The molecule has 0 radical (unpaired) electrons. The molecule has 1 aromatic carbocycles. The number of rotatable bonds is 4. The van der Waals surface area contributed by atoms with Crippen LogP contribution in [0, 0.1) is 0 Å². The first-order valence-corrected chi connectivity index (χ1v) is 6.50. The molecule has 0 bridgehead atoms. The Morgan fingerprint density at radius 2 is 2.05 bits per heavy atom. The molecule has 2 aromatic rings. The lowest BCUT2D eigenvalue weighted by Gasteiger charge is -2.06. The Bertz CT molecular complexity index is 582. The molecule has 0 aliphatic carbocycles. The molecule has 0 spiro atoms. The summed E-state index contributed by atoms with van der Waals surface area (Å²) < 4.78 is 1.93. The molecule has 1 heterocycles. The average molecular weight is 272 g/mol. The second-order valence-corrected chi connectivity index (χ2v) is 4.94. The summed E-state index contributed by atoms with van der Waals surface area (Å²) >= 11 is 0. The monoisotopic (exact) mass is 272 g/mol. The highest BCUT2D eigenvalue weighted by atomic mass is 15.3. The maximum absolute atomic E-state index is 5.33. The molecule has 20 heavy (non-hydrogen) atoms. The highest BCUT2D eigenvalue weighted by Gasteiger charge is 2.04. The van der Waals surface area contributed by atoms with E-state index in [-0.39, 0.29) is 0 Å². The van der Waals surface area contributed by atoms with E-state index in [1.54, 1.807) is 0 Å². The van der Waals surface area contributed by atoms with E-state index < -0.39 is 0 Å². The minimum absolute atomic E-state index is 0.456. The number of hydrogen-bond acceptors (Lipinski definition) is 4. The Kier molecular flexibility index (Phi) is 4.37. The molecule has 0 amide bonds. The second kappa shape index (κ2) is 6.21. The van der Waals surface area contributed by atoms with E-state index >= 15 is 0 Å². The molecule has 0 saturated heterocycles. The molecule has 6 heteroatoms. The van der Waals surface area contributed by atoms with Crippen LogP contribution in [0.25, 0.3) is 0 Å². The van der Waals surface area contributed by atoms with Gasteiger partial charge in [-0.3, -0.25) is 4.68 Å². The summed E-state index contributed by atoms with van der Waals surface area (Å²) in [6.45, 7) is 5.05. The van der Waals surface area contributed by atoms with Gasteiger partial charge in [-0.15, -0.1) is 0 Å². The van der Waals surface area contributed by atoms with Gasteiger partial charge in [0.2, 0.25) is 0 Å². The average Bonchev–Trinajstić information content (AvgIpc) is 2.91. The number of nitrogens with two attached hydrogens (primary N) is 2. The quantitative estimate of drug-likeness (QED) is 0.337. The number of hydrogen-bond donors (Lipinski definition) is 3. The van der Waals surface area contributed by atoms with Crippen molar-refractivity contribution in [3.63, 3.8) is 0 Å². The zero-order valence-electron chi connectivity index (χ0n) is 11.7. The maximum atomic E-state index is 5.33. The fourth-order valence-corrected chi connectivity index (χ4v) is 1.91. The van der Waals surface area contributed by atoms with Crippen molar-refractivity contribution in [1.82, 2.24) is 15.2 Å². The first-order valence-electron chi connectivity index (χ1n) is 6.50. The lowest BCUT2D eigenvalue weighted by atomic mass is 10.1. The van der Waals surface area contributed by atoms with Gasteiger partial charge in [0.1, 0.15) is 0 Å². The van der Waals surface area contributed by atoms with Crippen LogP contribution in [0.15, 0.2) is 41.8 Å². The number of nitrogens with zero attached hydrogens (tertiary/aromatic N) is 3. The van der Waals surface area contributed by atoms with Crippen LogP contribution in [0.2, 0.25) is 0 Å². The van der Waals surface area contributed by atoms with Gasteiger partial charge >= 0.3 is 0 Å². The number of nitrogens with one attached hydrogen (secondary N) is 1. The van der Waals surface area contributed by atoms with Crippen molar-refractivity contribution in [1.29, 1.82) is 0 Å². The molecule has 2 rings (SSSR count). The molecule has 5 N–H and O–H groups in total. The van der Waals surface area contributed by atoms with Crippen LogP contribution >= 0.6 is 0 Å². The van der Waals surface area contributed by atoms with Gasteiger partial charge in [-0.25, -0.2) is 5.84 Å². The van der Waals surface area contributed by atoms with Gasteiger partial charge in [-0.05, 0) is 17.0 Å². The molecule has 1 aromatic heterocycles. The van der Waals surface area contributed by atoms with Crippen molar-refractivity contribution in [2.75, 3.05) is 0 Å². The smallest absolute Gasteiger partial charge is 0.166 e. The van der Waals surface area contributed by atoms with Gasteiger partial charge in [0, 0.05) is 11.8 Å². The van der Waals surface area contributed by atoms with Crippen LogP contribution in [0.4, 0.5) is 0 Å². The molecule has 106 valence electrons. The fourth-order valence-electron chi connectivity index (χ4n) is 1.91. The fraction of sp³-hybridized carbons (Fsp3) is 0.286. The lowest BCUT2D eigenvalue weighted by Crippen LogP contribution is -2.32. The summed E-state index contributed by atoms with van der Waals surface area (Å²) in [5.41, 5.74) is 5.70. The van der Waals surface area contributed by atoms with Gasteiger partial charge in [0.15, 0.2) is 5.84 Å². The van der Waals surface area contributed by atoms with E-state index in [0.717, 1.165) is 17.7 Å². The number of aromatic nitrogens is 2. The summed E-state index contributed by atoms with van der Waals surface area (Å²) in [6, 6.07) is 7.87. The van der Waals surface area contributed by atoms with Gasteiger partial charge in [-0.1, -0.05) is 38.1 Å². The highest BCUT2D eigenvalue weighted by molar-refractivity contribution is 5.98. The first-order chi connectivity index (χ1) is 9.63. The molecular formula is C14H20N6. The predicted molar refractivity (Wildman–Crippen MR) is 79.9 cm³/mol. The summed E-state index contributed by atoms with van der Waals surface area (Å²) in [5, 5.41) is 7.94. The largest absolute Gasteiger partial charge is 0.321 e. The molecule has 0 aliphatic heterocycles. The summed E-state index contributed by atoms with van der Waals surface area (Å²) in [6.07, 6.45) is 3.99. The summed E-state index contributed by atoms with van der Waals surface area (Å²) in [4.78, 5) is 0. The first kappa shape index (κ1) is 14.1. The minimum atomic E-state index is 0.456. The Balaban J connectivity index is 2.10. The second-order valence-electron chi connectivity index (χ2n) is 4.94. The van der Waals surface area contributed by atoms with E-state index in [0.29, 0.717) is 11.8 Å². The minimum Gasteiger partial charge on any atom is -0.321 e. The van der Waals surface area contributed by atoms with E-state index in [9.17, 15) is 0 Å². The number of amidine groups is 1. The van der Waals surface area contributed by atoms with E-state index in [2.05, 4.69) is 35.7 Å². The van der Waals surface area contributed by atoms with E-state index in [1.807, 2.05) is 35.1 Å². The summed E-state index contributed by atoms with van der Waals surface area (Å²) in [5.74, 6) is 11.5. The Hall–Kier alpha value is -2.34. The summed E-state index contributed by atoms with van der Waals surface area (Å²) in [7, 11) is 0. The zero-order valence-corrected chi connectivity index (χ0v) is 11.7. The number of hydrazine groups is 1. The third-order valence-corrected chi connectivity index (χ3v) is 3.16. The molecule has 0 unspecified atom stereocenters. The molecule has 0 fully saturated rings. The zero-order chi connectivity index (χ0) is 14.5. The van der Waals surface area contributed by atoms with E-state index in [4.69, 9.17) is 11.7 Å². The van der Waals surface area contributed by atoms with Crippen molar-refractivity contribution < 1.29 is 0 Å². The lowest BCUT2D eigenvalue weighted by molar-refractivity contribution is 0.685. The Labute approximate surface area is 118 Å². The van der Waals surface area contributed by atoms with Crippen molar-refractivity contribution >= 4 is 5.84 Å². The van der Waals surface area contributed by atoms with Gasteiger partial charge < -0.3 is 11.3 Å². The molecule has 6 nitrogen and oxygen atoms in total. The molecule has 0 atom stereocenters.